The summed E-state index contributed by atoms with van der Waals surface area (Å²) in [6.07, 6.45) is -4.87. The molecule has 0 aliphatic rings. The molecule has 0 aromatic heterocycles. The van der Waals surface area contributed by atoms with Gasteiger partial charge in [0.15, 0.2) is 0 Å². The zero-order chi connectivity index (χ0) is 17.0. The number of hydrogen-bond donors (Lipinski definition) is 0. The summed E-state index contributed by atoms with van der Waals surface area (Å²) in [7, 11) is 0. The van der Waals surface area contributed by atoms with Gasteiger partial charge in [0.1, 0.15) is 17.6 Å². The smallest absolute Gasteiger partial charge is 0.490 e. The van der Waals surface area contributed by atoms with E-state index >= 15 is 0 Å². The molecule has 23 heavy (non-hydrogen) atoms. The van der Waals surface area contributed by atoms with Crippen molar-refractivity contribution >= 4 is 0 Å². The molecule has 0 fully saturated rings. The van der Waals surface area contributed by atoms with Crippen molar-refractivity contribution in [3.05, 3.63) is 48.0 Å². The van der Waals surface area contributed by atoms with Crippen molar-refractivity contribution in [3.63, 3.8) is 0 Å². The van der Waals surface area contributed by atoms with Crippen LogP contribution in [-0.4, -0.2) is 12.5 Å². The summed E-state index contributed by atoms with van der Waals surface area (Å²) in [5.41, 5.74) is 1.53. The predicted molar refractivity (Wildman–Crippen MR) is 79.0 cm³/mol. The Morgan fingerprint density at radius 3 is 2.35 bits per heavy atom. The number of halogens is 3. The topological polar surface area (TPSA) is 42.2 Å². The molecular formula is C17H14F3NO2. The fourth-order valence-electron chi connectivity index (χ4n) is 2.02. The van der Waals surface area contributed by atoms with Crippen molar-refractivity contribution in [2.75, 3.05) is 0 Å². The Bertz CT molecular complexity index is 733. The van der Waals surface area contributed by atoms with E-state index in [4.69, 9.17) is 10.00 Å². The van der Waals surface area contributed by atoms with Crippen molar-refractivity contribution in [2.24, 2.45) is 0 Å². The maximum atomic E-state index is 12.3. The minimum Gasteiger partial charge on any atom is -0.490 e. The Morgan fingerprint density at radius 2 is 1.74 bits per heavy atom. The van der Waals surface area contributed by atoms with Gasteiger partial charge in [0.2, 0.25) is 0 Å². The molecule has 0 aliphatic heterocycles. The molecule has 2 aromatic rings. The molecule has 0 N–H and O–H groups in total. The second-order valence-corrected chi connectivity index (χ2v) is 5.06. The van der Waals surface area contributed by atoms with E-state index in [9.17, 15) is 13.2 Å². The maximum Gasteiger partial charge on any atom is 0.573 e. The number of benzene rings is 2. The van der Waals surface area contributed by atoms with Gasteiger partial charge in [0, 0.05) is 0 Å². The molecule has 0 bridgehead atoms. The van der Waals surface area contributed by atoms with Gasteiger partial charge < -0.3 is 9.47 Å². The lowest BCUT2D eigenvalue weighted by Crippen LogP contribution is -2.17. The van der Waals surface area contributed by atoms with Crippen LogP contribution in [0.25, 0.3) is 11.1 Å². The lowest BCUT2D eigenvalue weighted by atomic mass is 10.0. The zero-order valence-corrected chi connectivity index (χ0v) is 12.5. The Kier molecular flexibility index (Phi) is 4.80. The van der Waals surface area contributed by atoms with E-state index in [1.54, 1.807) is 24.3 Å². The quantitative estimate of drug-likeness (QED) is 0.803. The van der Waals surface area contributed by atoms with Crippen LogP contribution in [0.2, 0.25) is 0 Å². The van der Waals surface area contributed by atoms with Crippen LogP contribution in [-0.2, 0) is 0 Å². The number of ether oxygens (including phenoxy) is 2. The average molecular weight is 321 g/mol. The van der Waals surface area contributed by atoms with E-state index < -0.39 is 6.36 Å². The highest BCUT2D eigenvalue weighted by molar-refractivity contribution is 5.68. The first-order valence-corrected chi connectivity index (χ1v) is 6.85. The molecule has 0 saturated heterocycles. The fourth-order valence-corrected chi connectivity index (χ4v) is 2.02. The van der Waals surface area contributed by atoms with Crippen molar-refractivity contribution in [1.29, 1.82) is 5.26 Å². The van der Waals surface area contributed by atoms with E-state index in [0.717, 1.165) is 0 Å². The standard InChI is InChI=1S/C17H14F3NO2/c1-11(2)22-16-9-13(6-7-14(16)10-21)12-4-3-5-15(8-12)23-17(18,19)20/h3-9,11H,1-2H3. The van der Waals surface area contributed by atoms with E-state index in [2.05, 4.69) is 4.74 Å². The minimum absolute atomic E-state index is 0.128. The van der Waals surface area contributed by atoms with Crippen molar-refractivity contribution < 1.29 is 22.6 Å². The summed E-state index contributed by atoms with van der Waals surface area (Å²) >= 11 is 0. The summed E-state index contributed by atoms with van der Waals surface area (Å²) in [6, 6.07) is 12.5. The van der Waals surface area contributed by atoms with Crippen LogP contribution < -0.4 is 9.47 Å². The molecule has 3 nitrogen and oxygen atoms in total. The van der Waals surface area contributed by atoms with Crippen LogP contribution in [0.5, 0.6) is 11.5 Å². The van der Waals surface area contributed by atoms with Crippen LogP contribution in [0.4, 0.5) is 13.2 Å². The molecule has 120 valence electrons. The first-order valence-electron chi connectivity index (χ1n) is 6.85. The van der Waals surface area contributed by atoms with E-state index in [1.807, 2.05) is 19.9 Å². The monoisotopic (exact) mass is 321 g/mol. The molecule has 2 rings (SSSR count). The molecule has 2 aromatic carbocycles. The first kappa shape index (κ1) is 16.7. The summed E-state index contributed by atoms with van der Waals surface area (Å²) in [5.74, 6) is 0.0906. The van der Waals surface area contributed by atoms with Gasteiger partial charge in [-0.3, -0.25) is 0 Å². The van der Waals surface area contributed by atoms with Crippen LogP contribution in [0, 0.1) is 11.3 Å². The molecule has 0 unspecified atom stereocenters. The largest absolute Gasteiger partial charge is 0.573 e. The highest BCUT2D eigenvalue weighted by atomic mass is 19.4. The second kappa shape index (κ2) is 6.61. The third-order valence-corrected chi connectivity index (χ3v) is 2.87. The number of hydrogen-bond acceptors (Lipinski definition) is 3. The third-order valence-electron chi connectivity index (χ3n) is 2.87. The summed E-state index contributed by atoms with van der Waals surface area (Å²) in [4.78, 5) is 0. The molecule has 0 atom stereocenters. The van der Waals surface area contributed by atoms with Gasteiger partial charge in [-0.2, -0.15) is 5.26 Å². The Labute approximate surface area is 131 Å². The fraction of sp³-hybridized carbons (Fsp3) is 0.235. The zero-order valence-electron chi connectivity index (χ0n) is 12.5. The molecular weight excluding hydrogens is 307 g/mol. The number of nitrogens with zero attached hydrogens (tertiary/aromatic N) is 1. The molecule has 0 radical (unpaired) electrons. The Hall–Kier alpha value is -2.68. The third kappa shape index (κ3) is 4.65. The molecule has 0 saturated carbocycles. The van der Waals surface area contributed by atoms with Crippen molar-refractivity contribution in [3.8, 4) is 28.7 Å². The van der Waals surface area contributed by atoms with E-state index in [0.29, 0.717) is 22.4 Å². The van der Waals surface area contributed by atoms with Gasteiger partial charge in [-0.15, -0.1) is 13.2 Å². The molecule has 6 heteroatoms. The van der Waals surface area contributed by atoms with Crippen LogP contribution >= 0.6 is 0 Å². The van der Waals surface area contributed by atoms with Gasteiger partial charge in [0.25, 0.3) is 0 Å². The lowest BCUT2D eigenvalue weighted by Gasteiger charge is -2.13. The molecule has 0 spiro atoms. The first-order chi connectivity index (χ1) is 10.8. The summed E-state index contributed by atoms with van der Waals surface area (Å²) < 4.78 is 46.4. The van der Waals surface area contributed by atoms with Crippen LogP contribution in [0.1, 0.15) is 19.4 Å². The van der Waals surface area contributed by atoms with E-state index in [1.165, 1.54) is 18.2 Å². The van der Waals surface area contributed by atoms with Gasteiger partial charge >= 0.3 is 6.36 Å². The van der Waals surface area contributed by atoms with Gasteiger partial charge in [-0.1, -0.05) is 18.2 Å². The summed E-state index contributed by atoms with van der Waals surface area (Å²) in [5, 5.41) is 9.09. The molecule has 0 heterocycles. The second-order valence-electron chi connectivity index (χ2n) is 5.06. The van der Waals surface area contributed by atoms with Gasteiger partial charge in [-0.05, 0) is 49.2 Å². The minimum atomic E-state index is -4.74. The predicted octanol–water partition coefficient (Wildman–Crippen LogP) is 4.91. The normalized spacial score (nSPS) is 11.2. The molecule has 0 amide bonds. The average Bonchev–Trinajstić information content (AvgIpc) is 2.45. The van der Waals surface area contributed by atoms with E-state index in [-0.39, 0.29) is 11.9 Å². The highest BCUT2D eigenvalue weighted by Gasteiger charge is 2.31. The van der Waals surface area contributed by atoms with Gasteiger partial charge in [-0.25, -0.2) is 0 Å². The van der Waals surface area contributed by atoms with Crippen LogP contribution in [0.15, 0.2) is 42.5 Å². The Balaban J connectivity index is 2.39. The van der Waals surface area contributed by atoms with Crippen LogP contribution in [0.3, 0.4) is 0 Å². The highest BCUT2D eigenvalue weighted by Crippen LogP contribution is 2.31. The SMILES string of the molecule is CC(C)Oc1cc(-c2cccc(OC(F)(F)F)c2)ccc1C#N. The lowest BCUT2D eigenvalue weighted by molar-refractivity contribution is -0.274. The molecule has 0 aliphatic carbocycles. The van der Waals surface area contributed by atoms with Gasteiger partial charge in [0.05, 0.1) is 11.7 Å². The number of nitriles is 1. The summed E-state index contributed by atoms with van der Waals surface area (Å²) in [6.45, 7) is 3.65. The van der Waals surface area contributed by atoms with Crippen molar-refractivity contribution in [2.45, 2.75) is 26.3 Å². The maximum absolute atomic E-state index is 12.3. The number of rotatable bonds is 4. The Morgan fingerprint density at radius 1 is 1.04 bits per heavy atom. The number of alkyl halides is 3. The van der Waals surface area contributed by atoms with Crippen molar-refractivity contribution in [1.82, 2.24) is 0 Å².